The first-order chi connectivity index (χ1) is 7.36. The van der Waals surface area contributed by atoms with Gasteiger partial charge >= 0.3 is 102 Å². The Kier molecular flexibility index (Phi) is 6.17. The van der Waals surface area contributed by atoms with E-state index in [0.717, 1.165) is 10.0 Å². The van der Waals surface area contributed by atoms with Crippen molar-refractivity contribution >= 4 is 24.5 Å². The third-order valence-corrected chi connectivity index (χ3v) is 4.78. The normalized spacial score (nSPS) is 11.1. The Labute approximate surface area is 102 Å². The number of nitriles is 1. The minimum atomic E-state index is -0.443. The first-order valence-corrected chi connectivity index (χ1v) is 7.53. The second-order valence-electron chi connectivity index (χ2n) is 3.24. The Bertz CT molecular complexity index is 349. The van der Waals surface area contributed by atoms with E-state index in [1.165, 1.54) is 16.5 Å². The van der Waals surface area contributed by atoms with Gasteiger partial charge in [0, 0.05) is 0 Å². The zero-order chi connectivity index (χ0) is 10.9. The van der Waals surface area contributed by atoms with E-state index in [2.05, 4.69) is 31.2 Å². The predicted octanol–water partition coefficient (Wildman–Crippen LogP) is 2.61. The molecule has 2 heteroatoms. The standard InChI is InChI=1S/C13H15NTe/c1-2-3-5-10-13(11-14)15-12-8-6-4-7-9-12/h4,6-10H,2-3,5H2,1H3/b13-10+. The van der Waals surface area contributed by atoms with Crippen LogP contribution in [-0.4, -0.2) is 20.9 Å². The van der Waals surface area contributed by atoms with Gasteiger partial charge in [-0.2, -0.15) is 0 Å². The van der Waals surface area contributed by atoms with E-state index in [1.807, 2.05) is 18.2 Å². The molecule has 0 fully saturated rings. The van der Waals surface area contributed by atoms with Crippen LogP contribution in [0.5, 0.6) is 0 Å². The third kappa shape index (κ3) is 5.03. The van der Waals surface area contributed by atoms with Gasteiger partial charge in [0.05, 0.1) is 0 Å². The van der Waals surface area contributed by atoms with Crippen molar-refractivity contribution in [2.75, 3.05) is 0 Å². The van der Waals surface area contributed by atoms with E-state index in [0.29, 0.717) is 0 Å². The molecule has 0 aliphatic heterocycles. The number of nitrogens with zero attached hydrogens (tertiary/aromatic N) is 1. The van der Waals surface area contributed by atoms with Gasteiger partial charge in [0.1, 0.15) is 0 Å². The summed E-state index contributed by atoms with van der Waals surface area (Å²) in [7, 11) is 0. The van der Waals surface area contributed by atoms with Crippen molar-refractivity contribution in [1.82, 2.24) is 0 Å². The fourth-order valence-corrected chi connectivity index (χ4v) is 3.43. The summed E-state index contributed by atoms with van der Waals surface area (Å²) in [5.74, 6) is 0. The summed E-state index contributed by atoms with van der Waals surface area (Å²) in [5, 5.41) is 9.00. The number of rotatable bonds is 5. The molecule has 0 aliphatic carbocycles. The van der Waals surface area contributed by atoms with Gasteiger partial charge < -0.3 is 0 Å². The Balaban J connectivity index is 2.55. The number of unbranched alkanes of at least 4 members (excludes halogenated alkanes) is 2. The minimum absolute atomic E-state index is 0.443. The van der Waals surface area contributed by atoms with Crippen LogP contribution in [0.1, 0.15) is 26.2 Å². The van der Waals surface area contributed by atoms with Crippen LogP contribution in [-0.2, 0) is 0 Å². The van der Waals surface area contributed by atoms with E-state index < -0.39 is 20.9 Å². The van der Waals surface area contributed by atoms with E-state index in [9.17, 15) is 0 Å². The van der Waals surface area contributed by atoms with Gasteiger partial charge in [-0.25, -0.2) is 0 Å². The average Bonchev–Trinajstić information content (AvgIpc) is 2.29. The third-order valence-electron chi connectivity index (χ3n) is 1.97. The van der Waals surface area contributed by atoms with Crippen LogP contribution >= 0.6 is 0 Å². The molecule has 78 valence electrons. The molecule has 0 aromatic heterocycles. The molecule has 0 saturated heterocycles. The number of benzene rings is 1. The zero-order valence-corrected chi connectivity index (χ0v) is 11.3. The summed E-state index contributed by atoms with van der Waals surface area (Å²) in [5.41, 5.74) is 0. The SMILES string of the molecule is CCCC/C=C(\C#N)[Te]c1ccccc1. The summed E-state index contributed by atoms with van der Waals surface area (Å²) in [6.45, 7) is 2.17. The summed E-state index contributed by atoms with van der Waals surface area (Å²) < 4.78 is 2.35. The molecule has 0 spiro atoms. The van der Waals surface area contributed by atoms with E-state index in [4.69, 9.17) is 5.26 Å². The van der Waals surface area contributed by atoms with Crippen molar-refractivity contribution in [3.8, 4) is 6.07 Å². The molecular weight excluding hydrogens is 298 g/mol. The van der Waals surface area contributed by atoms with Gasteiger partial charge in [0.25, 0.3) is 0 Å². The summed E-state index contributed by atoms with van der Waals surface area (Å²) in [4.78, 5) is 0. The summed E-state index contributed by atoms with van der Waals surface area (Å²) >= 11 is -0.443. The molecule has 0 saturated carbocycles. The molecule has 1 nitrogen and oxygen atoms in total. The van der Waals surface area contributed by atoms with Gasteiger partial charge in [-0.1, -0.05) is 0 Å². The van der Waals surface area contributed by atoms with Crippen LogP contribution in [0.25, 0.3) is 0 Å². The van der Waals surface area contributed by atoms with Crippen molar-refractivity contribution in [2.24, 2.45) is 0 Å². The quantitative estimate of drug-likeness (QED) is 0.466. The number of hydrogen-bond donors (Lipinski definition) is 0. The Morgan fingerprint density at radius 1 is 1.40 bits per heavy atom. The fourth-order valence-electron chi connectivity index (χ4n) is 1.16. The van der Waals surface area contributed by atoms with Gasteiger partial charge in [-0.3, -0.25) is 0 Å². The van der Waals surface area contributed by atoms with Crippen LogP contribution in [0.2, 0.25) is 0 Å². The van der Waals surface area contributed by atoms with Crippen LogP contribution in [0.3, 0.4) is 0 Å². The van der Waals surface area contributed by atoms with Gasteiger partial charge in [-0.05, 0) is 0 Å². The molecule has 0 atom stereocenters. The zero-order valence-electron chi connectivity index (χ0n) is 8.94. The van der Waals surface area contributed by atoms with Crippen LogP contribution < -0.4 is 3.61 Å². The molecule has 0 aliphatic rings. The molecule has 15 heavy (non-hydrogen) atoms. The molecule has 1 aromatic rings. The molecule has 1 aromatic carbocycles. The molecule has 0 amide bonds. The average molecular weight is 313 g/mol. The monoisotopic (exact) mass is 315 g/mol. The van der Waals surface area contributed by atoms with Crippen molar-refractivity contribution < 1.29 is 0 Å². The van der Waals surface area contributed by atoms with E-state index in [1.54, 1.807) is 0 Å². The van der Waals surface area contributed by atoms with Gasteiger partial charge in [0.15, 0.2) is 0 Å². The van der Waals surface area contributed by atoms with E-state index >= 15 is 0 Å². The van der Waals surface area contributed by atoms with Crippen LogP contribution in [0.15, 0.2) is 40.0 Å². The second-order valence-corrected chi connectivity index (χ2v) is 6.42. The van der Waals surface area contributed by atoms with E-state index in [-0.39, 0.29) is 0 Å². The molecule has 0 radical (unpaired) electrons. The maximum atomic E-state index is 9.00. The maximum absolute atomic E-state index is 9.00. The number of hydrogen-bond acceptors (Lipinski definition) is 1. The van der Waals surface area contributed by atoms with Crippen molar-refractivity contribution in [3.05, 3.63) is 40.0 Å². The van der Waals surface area contributed by atoms with Crippen molar-refractivity contribution in [1.29, 1.82) is 5.26 Å². The first-order valence-electron chi connectivity index (χ1n) is 5.20. The van der Waals surface area contributed by atoms with Crippen molar-refractivity contribution in [3.63, 3.8) is 0 Å². The Morgan fingerprint density at radius 2 is 2.13 bits per heavy atom. The molecule has 0 unspecified atom stereocenters. The Morgan fingerprint density at radius 3 is 2.73 bits per heavy atom. The van der Waals surface area contributed by atoms with Crippen LogP contribution in [0.4, 0.5) is 0 Å². The fraction of sp³-hybridized carbons (Fsp3) is 0.308. The number of allylic oxidation sites excluding steroid dienone is 2. The van der Waals surface area contributed by atoms with Gasteiger partial charge in [-0.15, -0.1) is 0 Å². The summed E-state index contributed by atoms with van der Waals surface area (Å²) in [6, 6.07) is 12.7. The molecular formula is C13H15NTe. The van der Waals surface area contributed by atoms with Gasteiger partial charge in [0.2, 0.25) is 0 Å². The second kappa shape index (κ2) is 7.52. The topological polar surface area (TPSA) is 23.8 Å². The molecule has 1 rings (SSSR count). The molecule has 0 N–H and O–H groups in total. The Hall–Kier alpha value is -0.760. The first kappa shape index (κ1) is 12.3. The van der Waals surface area contributed by atoms with Crippen molar-refractivity contribution in [2.45, 2.75) is 26.2 Å². The van der Waals surface area contributed by atoms with Crippen LogP contribution in [0, 0.1) is 11.3 Å². The summed E-state index contributed by atoms with van der Waals surface area (Å²) in [6.07, 6.45) is 5.56. The predicted molar refractivity (Wildman–Crippen MR) is 65.1 cm³/mol. The molecule has 0 heterocycles. The molecule has 0 bridgehead atoms.